The summed E-state index contributed by atoms with van der Waals surface area (Å²) in [5.41, 5.74) is 3.62. The summed E-state index contributed by atoms with van der Waals surface area (Å²) < 4.78 is 5.23. The van der Waals surface area contributed by atoms with Crippen molar-refractivity contribution in [2.75, 3.05) is 6.61 Å². The van der Waals surface area contributed by atoms with E-state index in [9.17, 15) is 9.59 Å². The van der Waals surface area contributed by atoms with E-state index in [1.165, 1.54) is 0 Å². The first-order valence-electron chi connectivity index (χ1n) is 8.73. The first-order valence-corrected chi connectivity index (χ1v) is 9.11. The molecule has 26 heavy (non-hydrogen) atoms. The molecule has 0 atom stereocenters. The lowest BCUT2D eigenvalue weighted by Gasteiger charge is -2.22. The van der Waals surface area contributed by atoms with Crippen molar-refractivity contribution < 1.29 is 14.3 Å². The number of Topliss-reactive ketones (excluding diaryl/α,β-unsaturated/α-hetero) is 1. The average molecular weight is 373 g/mol. The van der Waals surface area contributed by atoms with Gasteiger partial charge in [0, 0.05) is 17.0 Å². The molecule has 0 saturated carbocycles. The molecule has 0 aliphatic heterocycles. The largest absolute Gasteiger partial charge is 0.462 e. The van der Waals surface area contributed by atoms with E-state index >= 15 is 0 Å². The highest BCUT2D eigenvalue weighted by Crippen LogP contribution is 2.28. The Morgan fingerprint density at radius 3 is 2.23 bits per heavy atom. The zero-order chi connectivity index (χ0) is 19.5. The first-order chi connectivity index (χ1) is 12.1. The third-order valence-corrected chi connectivity index (χ3v) is 4.59. The third-order valence-electron chi connectivity index (χ3n) is 4.34. The van der Waals surface area contributed by atoms with Crippen LogP contribution in [0.5, 0.6) is 0 Å². The van der Waals surface area contributed by atoms with E-state index in [0.29, 0.717) is 22.8 Å². The number of ether oxygens (including phenoxy) is 1. The topological polar surface area (TPSA) is 43.4 Å². The molecule has 0 fully saturated rings. The Morgan fingerprint density at radius 2 is 1.69 bits per heavy atom. The van der Waals surface area contributed by atoms with Crippen LogP contribution in [0.25, 0.3) is 0 Å². The van der Waals surface area contributed by atoms with Crippen LogP contribution < -0.4 is 0 Å². The number of hydrogen-bond acceptors (Lipinski definition) is 3. The summed E-state index contributed by atoms with van der Waals surface area (Å²) in [5, 5.41) is 0.583. The summed E-state index contributed by atoms with van der Waals surface area (Å²) in [5.74, 6) is -0.445. The van der Waals surface area contributed by atoms with Crippen molar-refractivity contribution in [3.8, 4) is 0 Å². The Bertz CT molecular complexity index is 815. The maximum atomic E-state index is 12.7. The minimum Gasteiger partial charge on any atom is -0.462 e. The molecule has 4 heteroatoms. The second-order valence-corrected chi connectivity index (χ2v) is 7.83. The number of carbonyl (C=O) groups excluding carboxylic acids is 2. The summed E-state index contributed by atoms with van der Waals surface area (Å²) in [7, 11) is 0. The van der Waals surface area contributed by atoms with Crippen molar-refractivity contribution >= 4 is 23.4 Å². The van der Waals surface area contributed by atoms with Crippen molar-refractivity contribution in [3.63, 3.8) is 0 Å². The number of esters is 1. The molecule has 2 aromatic carbocycles. The molecule has 138 valence electrons. The van der Waals surface area contributed by atoms with E-state index in [1.54, 1.807) is 31.2 Å². The Kier molecular flexibility index (Phi) is 6.25. The molecule has 0 heterocycles. The molecule has 0 unspecified atom stereocenters. The molecule has 2 aromatic rings. The fourth-order valence-electron chi connectivity index (χ4n) is 2.77. The lowest BCUT2D eigenvalue weighted by Crippen LogP contribution is -2.18. The Morgan fingerprint density at radius 1 is 1.08 bits per heavy atom. The van der Waals surface area contributed by atoms with Crippen LogP contribution in [0.15, 0.2) is 36.4 Å². The number of rotatable bonds is 5. The normalized spacial score (nSPS) is 11.3. The van der Waals surface area contributed by atoms with Gasteiger partial charge in [-0.15, -0.1) is 0 Å². The number of benzene rings is 2. The second kappa shape index (κ2) is 8.05. The standard InChI is InChI=1S/C22H25ClO3/c1-6-26-21(25)19-12-16(22(3,4)5)11-14(2)18(19)13-20(24)15-7-9-17(23)10-8-15/h7-12H,6,13H2,1-5H3. The van der Waals surface area contributed by atoms with Gasteiger partial charge in [-0.2, -0.15) is 0 Å². The fraction of sp³-hybridized carbons (Fsp3) is 0.364. The maximum Gasteiger partial charge on any atom is 0.338 e. The van der Waals surface area contributed by atoms with E-state index in [0.717, 1.165) is 16.7 Å². The van der Waals surface area contributed by atoms with Gasteiger partial charge in [-0.05, 0) is 66.3 Å². The van der Waals surface area contributed by atoms with Gasteiger partial charge >= 0.3 is 5.97 Å². The van der Waals surface area contributed by atoms with Crippen molar-refractivity contribution in [2.24, 2.45) is 0 Å². The number of ketones is 1. The van der Waals surface area contributed by atoms with Crippen LogP contribution in [0.1, 0.15) is 65.1 Å². The van der Waals surface area contributed by atoms with Crippen molar-refractivity contribution in [1.82, 2.24) is 0 Å². The number of aryl methyl sites for hydroxylation is 1. The smallest absolute Gasteiger partial charge is 0.338 e. The molecule has 0 aromatic heterocycles. The van der Waals surface area contributed by atoms with Crippen LogP contribution in [0.2, 0.25) is 5.02 Å². The molecule has 0 aliphatic carbocycles. The molecular weight excluding hydrogens is 348 g/mol. The predicted molar refractivity (Wildman–Crippen MR) is 105 cm³/mol. The van der Waals surface area contributed by atoms with E-state index < -0.39 is 0 Å². The Hall–Kier alpha value is -2.13. The highest BCUT2D eigenvalue weighted by atomic mass is 35.5. The van der Waals surface area contributed by atoms with Crippen LogP contribution in [0, 0.1) is 6.92 Å². The quantitative estimate of drug-likeness (QED) is 0.510. The monoisotopic (exact) mass is 372 g/mol. The van der Waals surface area contributed by atoms with Gasteiger partial charge in [0.1, 0.15) is 0 Å². The molecule has 0 radical (unpaired) electrons. The molecule has 0 spiro atoms. The minimum absolute atomic E-state index is 0.0566. The zero-order valence-electron chi connectivity index (χ0n) is 16.0. The highest BCUT2D eigenvalue weighted by molar-refractivity contribution is 6.30. The van der Waals surface area contributed by atoms with E-state index in [2.05, 4.69) is 20.8 Å². The second-order valence-electron chi connectivity index (χ2n) is 7.40. The van der Waals surface area contributed by atoms with Crippen molar-refractivity contribution in [3.05, 3.63) is 69.2 Å². The summed E-state index contributed by atoms with van der Waals surface area (Å²) in [4.78, 5) is 25.2. The molecule has 0 aliphatic rings. The van der Waals surface area contributed by atoms with Gasteiger partial charge in [-0.1, -0.05) is 38.4 Å². The summed E-state index contributed by atoms with van der Waals surface area (Å²) in [6.07, 6.45) is 0.145. The number of hydrogen-bond donors (Lipinski definition) is 0. The van der Waals surface area contributed by atoms with Crippen LogP contribution in [-0.4, -0.2) is 18.4 Å². The molecule has 2 rings (SSSR count). The Balaban J connectivity index is 2.47. The molecular formula is C22H25ClO3. The van der Waals surface area contributed by atoms with Gasteiger partial charge < -0.3 is 4.74 Å². The van der Waals surface area contributed by atoms with Gasteiger partial charge in [-0.3, -0.25) is 4.79 Å². The Labute approximate surface area is 160 Å². The lowest BCUT2D eigenvalue weighted by atomic mass is 9.82. The van der Waals surface area contributed by atoms with Gasteiger partial charge in [0.05, 0.1) is 12.2 Å². The molecule has 0 N–H and O–H groups in total. The number of carbonyl (C=O) groups is 2. The van der Waals surface area contributed by atoms with Crippen LogP contribution in [0.3, 0.4) is 0 Å². The third kappa shape index (κ3) is 4.73. The minimum atomic E-state index is -0.388. The highest BCUT2D eigenvalue weighted by Gasteiger charge is 2.23. The van der Waals surface area contributed by atoms with Crippen molar-refractivity contribution in [2.45, 2.75) is 46.5 Å². The van der Waals surface area contributed by atoms with Crippen LogP contribution in [0.4, 0.5) is 0 Å². The summed E-state index contributed by atoms with van der Waals surface area (Å²) >= 11 is 5.89. The summed E-state index contributed by atoms with van der Waals surface area (Å²) in [6.45, 7) is 10.3. The zero-order valence-corrected chi connectivity index (χ0v) is 16.7. The molecule has 0 bridgehead atoms. The average Bonchev–Trinajstić information content (AvgIpc) is 2.56. The first kappa shape index (κ1) is 20.2. The van der Waals surface area contributed by atoms with E-state index in [-0.39, 0.29) is 23.6 Å². The van der Waals surface area contributed by atoms with Gasteiger partial charge in [0.15, 0.2) is 5.78 Å². The molecule has 0 amide bonds. The van der Waals surface area contributed by atoms with E-state index in [4.69, 9.17) is 16.3 Å². The molecule has 3 nitrogen and oxygen atoms in total. The van der Waals surface area contributed by atoms with Gasteiger partial charge in [0.25, 0.3) is 0 Å². The maximum absolute atomic E-state index is 12.7. The fourth-order valence-corrected chi connectivity index (χ4v) is 2.90. The SMILES string of the molecule is CCOC(=O)c1cc(C(C)(C)C)cc(C)c1CC(=O)c1ccc(Cl)cc1. The molecule has 0 saturated heterocycles. The van der Waals surface area contributed by atoms with Gasteiger partial charge in [0.2, 0.25) is 0 Å². The predicted octanol–water partition coefficient (Wildman–Crippen LogP) is 5.55. The number of halogens is 1. The van der Waals surface area contributed by atoms with E-state index in [1.807, 2.05) is 19.1 Å². The van der Waals surface area contributed by atoms with Gasteiger partial charge in [-0.25, -0.2) is 4.79 Å². The van der Waals surface area contributed by atoms with Crippen LogP contribution >= 0.6 is 11.6 Å². The lowest BCUT2D eigenvalue weighted by molar-refractivity contribution is 0.0525. The van der Waals surface area contributed by atoms with Crippen LogP contribution in [-0.2, 0) is 16.6 Å². The van der Waals surface area contributed by atoms with Crippen molar-refractivity contribution in [1.29, 1.82) is 0 Å². The summed E-state index contributed by atoms with van der Waals surface area (Å²) in [6, 6.07) is 10.7.